The minimum Gasteiger partial charge on any atom is -0.486 e. The summed E-state index contributed by atoms with van der Waals surface area (Å²) in [5.74, 6) is 1.82. The van der Waals surface area contributed by atoms with Crippen molar-refractivity contribution in [2.24, 2.45) is 0 Å². The number of ether oxygens (including phenoxy) is 2. The average molecular weight is 375 g/mol. The van der Waals surface area contributed by atoms with Gasteiger partial charge in [0.25, 0.3) is 5.91 Å². The topological polar surface area (TPSA) is 72.5 Å². The van der Waals surface area contributed by atoms with Crippen LogP contribution in [0.1, 0.15) is 21.5 Å². The number of nitrogens with zero attached hydrogens (tertiary/aromatic N) is 1. The summed E-state index contributed by atoms with van der Waals surface area (Å²) in [6, 6.07) is 17.2. The first-order chi connectivity index (χ1) is 13.7. The molecule has 0 unspecified atom stereocenters. The number of benzene rings is 2. The van der Waals surface area contributed by atoms with Gasteiger partial charge in [0.2, 0.25) is 0 Å². The van der Waals surface area contributed by atoms with Crippen LogP contribution in [0.3, 0.4) is 0 Å². The first-order valence-corrected chi connectivity index (χ1v) is 9.14. The summed E-state index contributed by atoms with van der Waals surface area (Å²) in [7, 11) is 0. The lowest BCUT2D eigenvalue weighted by Crippen LogP contribution is -2.16. The monoisotopic (exact) mass is 375 g/mol. The molecule has 0 fully saturated rings. The van der Waals surface area contributed by atoms with Gasteiger partial charge in [-0.3, -0.25) is 4.79 Å². The van der Waals surface area contributed by atoms with Crippen molar-refractivity contribution in [3.63, 3.8) is 0 Å². The summed E-state index contributed by atoms with van der Waals surface area (Å²) in [4.78, 5) is 16.8. The lowest BCUT2D eigenvalue weighted by molar-refractivity contribution is 0.102. The molecule has 0 saturated carbocycles. The third-order valence-corrected chi connectivity index (χ3v) is 4.38. The van der Waals surface area contributed by atoms with Crippen molar-refractivity contribution < 1.29 is 14.3 Å². The Hall–Kier alpha value is -3.54. The maximum atomic E-state index is 12.5. The minimum absolute atomic E-state index is 0.227. The van der Waals surface area contributed by atoms with Gasteiger partial charge in [0, 0.05) is 24.5 Å². The number of aryl methyl sites for hydroxylation is 1. The van der Waals surface area contributed by atoms with Crippen LogP contribution in [0.25, 0.3) is 0 Å². The van der Waals surface area contributed by atoms with Crippen molar-refractivity contribution in [3.05, 3.63) is 77.5 Å². The summed E-state index contributed by atoms with van der Waals surface area (Å²) >= 11 is 0. The fourth-order valence-electron chi connectivity index (χ4n) is 2.97. The molecule has 1 aliphatic heterocycles. The maximum absolute atomic E-state index is 12.5. The molecule has 0 atom stereocenters. The molecule has 6 nitrogen and oxygen atoms in total. The molecule has 1 amide bonds. The number of hydrogen-bond acceptors (Lipinski definition) is 5. The Morgan fingerprint density at radius 3 is 2.68 bits per heavy atom. The SMILES string of the molecule is Cc1cccc(CNc2ccc(C(=O)Nc3ccc4c(c3)OCCO4)cn2)c1. The molecule has 0 bridgehead atoms. The zero-order valence-corrected chi connectivity index (χ0v) is 15.6. The van der Waals surface area contributed by atoms with Crippen molar-refractivity contribution in [1.29, 1.82) is 0 Å². The number of nitrogens with one attached hydrogen (secondary N) is 2. The standard InChI is InChI=1S/C22H21N3O3/c1-15-3-2-4-16(11-15)13-23-21-8-5-17(14-24-21)22(26)25-18-6-7-19-20(12-18)28-10-9-27-19/h2-8,11-12,14H,9-10,13H2,1H3,(H,23,24)(H,25,26). The molecule has 0 saturated heterocycles. The van der Waals surface area contributed by atoms with E-state index in [1.807, 2.05) is 6.07 Å². The first kappa shape index (κ1) is 17.9. The molecule has 28 heavy (non-hydrogen) atoms. The highest BCUT2D eigenvalue weighted by molar-refractivity contribution is 6.04. The quantitative estimate of drug-likeness (QED) is 0.705. The summed E-state index contributed by atoms with van der Waals surface area (Å²) in [5.41, 5.74) is 3.53. The van der Waals surface area contributed by atoms with Crippen molar-refractivity contribution in [1.82, 2.24) is 4.98 Å². The predicted octanol–water partition coefficient (Wildman–Crippen LogP) is 4.03. The van der Waals surface area contributed by atoms with Crippen LogP contribution in [-0.4, -0.2) is 24.1 Å². The zero-order chi connectivity index (χ0) is 19.3. The van der Waals surface area contributed by atoms with E-state index in [-0.39, 0.29) is 5.91 Å². The molecule has 2 aromatic carbocycles. The van der Waals surface area contributed by atoms with Crippen LogP contribution in [-0.2, 0) is 6.54 Å². The van der Waals surface area contributed by atoms with Crippen LogP contribution in [0, 0.1) is 6.92 Å². The molecule has 1 aliphatic rings. The summed E-state index contributed by atoms with van der Waals surface area (Å²) < 4.78 is 11.0. The highest BCUT2D eigenvalue weighted by atomic mass is 16.6. The number of aromatic nitrogens is 1. The number of fused-ring (bicyclic) bond motifs is 1. The summed E-state index contributed by atoms with van der Waals surface area (Å²) in [6.45, 7) is 3.79. The Balaban J connectivity index is 1.37. The van der Waals surface area contributed by atoms with Crippen molar-refractivity contribution in [2.75, 3.05) is 23.8 Å². The molecular weight excluding hydrogens is 354 g/mol. The highest BCUT2D eigenvalue weighted by Crippen LogP contribution is 2.32. The number of pyridine rings is 1. The Labute approximate surface area is 163 Å². The van der Waals surface area contributed by atoms with Gasteiger partial charge in [0.05, 0.1) is 5.56 Å². The number of rotatable bonds is 5. The van der Waals surface area contributed by atoms with Gasteiger partial charge in [-0.05, 0) is 36.8 Å². The number of carbonyl (C=O) groups excluding carboxylic acids is 1. The zero-order valence-electron chi connectivity index (χ0n) is 15.6. The van der Waals surface area contributed by atoms with Gasteiger partial charge in [-0.15, -0.1) is 0 Å². The van der Waals surface area contributed by atoms with E-state index in [0.717, 1.165) is 5.82 Å². The van der Waals surface area contributed by atoms with E-state index in [4.69, 9.17) is 9.47 Å². The van der Waals surface area contributed by atoms with Crippen molar-refractivity contribution >= 4 is 17.4 Å². The van der Waals surface area contributed by atoms with Crippen LogP contribution in [0.15, 0.2) is 60.8 Å². The molecule has 1 aromatic heterocycles. The predicted molar refractivity (Wildman–Crippen MR) is 108 cm³/mol. The molecule has 6 heteroatoms. The molecular formula is C22H21N3O3. The van der Waals surface area contributed by atoms with Crippen molar-refractivity contribution in [2.45, 2.75) is 13.5 Å². The van der Waals surface area contributed by atoms with E-state index in [0.29, 0.717) is 42.5 Å². The normalized spacial score (nSPS) is 12.3. The third kappa shape index (κ3) is 4.23. The van der Waals surface area contributed by atoms with E-state index in [1.165, 1.54) is 11.1 Å². The van der Waals surface area contributed by atoms with Gasteiger partial charge in [0.1, 0.15) is 19.0 Å². The molecule has 4 rings (SSSR count). The Morgan fingerprint density at radius 2 is 1.89 bits per heavy atom. The van der Waals surface area contributed by atoms with Crippen LogP contribution in [0.4, 0.5) is 11.5 Å². The number of carbonyl (C=O) groups is 1. The lowest BCUT2D eigenvalue weighted by Gasteiger charge is -2.19. The van der Waals surface area contributed by atoms with Crippen LogP contribution in [0.2, 0.25) is 0 Å². The van der Waals surface area contributed by atoms with E-state index in [1.54, 1.807) is 36.5 Å². The second-order valence-electron chi connectivity index (χ2n) is 6.59. The third-order valence-electron chi connectivity index (χ3n) is 4.38. The molecule has 0 aliphatic carbocycles. The second kappa shape index (κ2) is 8.00. The van der Waals surface area contributed by atoms with E-state index < -0.39 is 0 Å². The largest absolute Gasteiger partial charge is 0.486 e. The van der Waals surface area contributed by atoms with E-state index in [9.17, 15) is 4.79 Å². The van der Waals surface area contributed by atoms with Gasteiger partial charge >= 0.3 is 0 Å². The van der Waals surface area contributed by atoms with Crippen molar-refractivity contribution in [3.8, 4) is 11.5 Å². The Bertz CT molecular complexity index is 987. The number of amides is 1. The Morgan fingerprint density at radius 1 is 1.04 bits per heavy atom. The molecule has 3 aromatic rings. The first-order valence-electron chi connectivity index (χ1n) is 9.14. The molecule has 0 spiro atoms. The minimum atomic E-state index is -0.227. The van der Waals surface area contributed by atoms with E-state index >= 15 is 0 Å². The van der Waals surface area contributed by atoms with Gasteiger partial charge in [-0.1, -0.05) is 29.8 Å². The highest BCUT2D eigenvalue weighted by Gasteiger charge is 2.13. The molecule has 0 radical (unpaired) electrons. The Kier molecular flexibility index (Phi) is 5.10. The maximum Gasteiger partial charge on any atom is 0.257 e. The fourth-order valence-corrected chi connectivity index (χ4v) is 2.97. The van der Waals surface area contributed by atoms with E-state index in [2.05, 4.69) is 40.7 Å². The van der Waals surface area contributed by atoms with Crippen LogP contribution in [0.5, 0.6) is 11.5 Å². The average Bonchev–Trinajstić information content (AvgIpc) is 2.72. The van der Waals surface area contributed by atoms with Crippen LogP contribution < -0.4 is 20.1 Å². The van der Waals surface area contributed by atoms with Gasteiger partial charge < -0.3 is 20.1 Å². The number of anilines is 2. The smallest absolute Gasteiger partial charge is 0.257 e. The molecule has 142 valence electrons. The molecule has 2 N–H and O–H groups in total. The second-order valence-corrected chi connectivity index (χ2v) is 6.59. The number of hydrogen-bond donors (Lipinski definition) is 2. The molecule has 2 heterocycles. The van der Waals surface area contributed by atoms with Gasteiger partial charge in [-0.2, -0.15) is 0 Å². The fraction of sp³-hybridized carbons (Fsp3) is 0.182. The summed E-state index contributed by atoms with van der Waals surface area (Å²) in [6.07, 6.45) is 1.56. The van der Waals surface area contributed by atoms with Crippen LogP contribution >= 0.6 is 0 Å². The van der Waals surface area contributed by atoms with Gasteiger partial charge in [-0.25, -0.2) is 4.98 Å². The summed E-state index contributed by atoms with van der Waals surface area (Å²) in [5, 5.41) is 6.12. The lowest BCUT2D eigenvalue weighted by atomic mass is 10.1. The van der Waals surface area contributed by atoms with Gasteiger partial charge in [0.15, 0.2) is 11.5 Å².